The van der Waals surface area contributed by atoms with Gasteiger partial charge in [0.2, 0.25) is 0 Å². The van der Waals surface area contributed by atoms with Gasteiger partial charge in [-0.15, -0.1) is 0 Å². The number of carbonyl (C=O) groups excluding carboxylic acids is 1. The predicted molar refractivity (Wildman–Crippen MR) is 52.0 cm³/mol. The van der Waals surface area contributed by atoms with Gasteiger partial charge in [0.1, 0.15) is 6.29 Å². The highest BCUT2D eigenvalue weighted by atomic mass is 16.1. The van der Waals surface area contributed by atoms with Gasteiger partial charge in [0.25, 0.3) is 0 Å². The molecule has 0 heterocycles. The lowest BCUT2D eigenvalue weighted by Gasteiger charge is -2.30. The number of nitrogens with zero attached hydrogens (tertiary/aromatic N) is 1. The molecule has 0 saturated heterocycles. The molecule has 0 aliphatic heterocycles. The fourth-order valence-electron chi connectivity index (χ4n) is 1.28. The first-order valence-electron chi connectivity index (χ1n) is 4.71. The van der Waals surface area contributed by atoms with Crippen molar-refractivity contribution in [2.45, 2.75) is 45.7 Å². The van der Waals surface area contributed by atoms with Gasteiger partial charge in [-0.1, -0.05) is 13.8 Å². The molecule has 2 atom stereocenters. The van der Waals surface area contributed by atoms with Crippen molar-refractivity contribution in [3.63, 3.8) is 0 Å². The second-order valence-corrected chi connectivity index (χ2v) is 3.20. The lowest BCUT2D eigenvalue weighted by Crippen LogP contribution is -2.41. The molecule has 0 aliphatic carbocycles. The molecule has 0 N–H and O–H groups in total. The van der Waals surface area contributed by atoms with E-state index in [9.17, 15) is 4.79 Å². The zero-order valence-corrected chi connectivity index (χ0v) is 8.42. The number of rotatable bonds is 6. The van der Waals surface area contributed by atoms with Crippen molar-refractivity contribution in [3.05, 3.63) is 6.92 Å². The first kappa shape index (κ1) is 11.6. The van der Waals surface area contributed by atoms with Gasteiger partial charge in [0.05, 0.1) is 6.04 Å². The molecule has 2 heteroatoms. The Morgan fingerprint density at radius 1 is 1.50 bits per heavy atom. The third-order valence-electron chi connectivity index (χ3n) is 2.22. The van der Waals surface area contributed by atoms with Crippen LogP contribution < -0.4 is 0 Å². The number of hydrogen-bond donors (Lipinski definition) is 0. The average Bonchev–Trinajstić information content (AvgIpc) is 2.11. The molecule has 0 aliphatic rings. The molecule has 1 radical (unpaired) electrons. The zero-order chi connectivity index (χ0) is 9.56. The number of hydrogen-bond acceptors (Lipinski definition) is 2. The van der Waals surface area contributed by atoms with Gasteiger partial charge < -0.3 is 4.79 Å². The quantitative estimate of drug-likeness (QED) is 0.567. The van der Waals surface area contributed by atoms with E-state index in [1.165, 1.54) is 0 Å². The lowest BCUT2D eigenvalue weighted by atomic mass is 10.1. The Morgan fingerprint density at radius 3 is 2.42 bits per heavy atom. The molecule has 71 valence electrons. The number of carbonyl (C=O) groups is 1. The Kier molecular flexibility index (Phi) is 5.99. The maximum absolute atomic E-state index is 10.5. The maximum atomic E-state index is 10.5. The Balaban J connectivity index is 4.10. The van der Waals surface area contributed by atoms with Crippen LogP contribution in [0, 0.1) is 6.92 Å². The Morgan fingerprint density at radius 2 is 2.08 bits per heavy atom. The molecule has 0 aromatic rings. The van der Waals surface area contributed by atoms with Crippen molar-refractivity contribution in [2.24, 2.45) is 0 Å². The molecule has 0 saturated carbocycles. The summed E-state index contributed by atoms with van der Waals surface area (Å²) in [6, 6.07) is 0.276. The van der Waals surface area contributed by atoms with Crippen LogP contribution in [0.4, 0.5) is 0 Å². The summed E-state index contributed by atoms with van der Waals surface area (Å²) in [6.45, 7) is 11.1. The Hall–Kier alpha value is -0.370. The van der Waals surface area contributed by atoms with Crippen LogP contribution in [0.5, 0.6) is 0 Å². The third kappa shape index (κ3) is 3.35. The van der Waals surface area contributed by atoms with E-state index < -0.39 is 0 Å². The molecule has 0 aromatic carbocycles. The molecule has 2 nitrogen and oxygen atoms in total. The van der Waals surface area contributed by atoms with Gasteiger partial charge in [0, 0.05) is 6.04 Å². The van der Waals surface area contributed by atoms with Crippen LogP contribution in [0.1, 0.15) is 33.6 Å². The van der Waals surface area contributed by atoms with Crippen LogP contribution in [0.15, 0.2) is 0 Å². The van der Waals surface area contributed by atoms with Gasteiger partial charge in [-0.05, 0) is 33.2 Å². The first-order valence-corrected chi connectivity index (χ1v) is 4.71. The van der Waals surface area contributed by atoms with E-state index in [4.69, 9.17) is 0 Å². The molecular formula is C10H20NO. The minimum Gasteiger partial charge on any atom is -0.302 e. The summed E-state index contributed by atoms with van der Waals surface area (Å²) in [4.78, 5) is 12.7. The van der Waals surface area contributed by atoms with Crippen molar-refractivity contribution >= 4 is 6.29 Å². The van der Waals surface area contributed by atoms with Crippen LogP contribution in [-0.2, 0) is 4.79 Å². The summed E-state index contributed by atoms with van der Waals surface area (Å²) in [5.74, 6) is 0. The van der Waals surface area contributed by atoms with E-state index in [2.05, 4.69) is 32.6 Å². The fraction of sp³-hybridized carbons (Fsp3) is 0.800. The largest absolute Gasteiger partial charge is 0.302 e. The molecule has 0 fully saturated rings. The summed E-state index contributed by atoms with van der Waals surface area (Å²) in [6.07, 6.45) is 3.06. The van der Waals surface area contributed by atoms with E-state index in [1.54, 1.807) is 0 Å². The molecule has 12 heavy (non-hydrogen) atoms. The first-order chi connectivity index (χ1) is 5.67. The van der Waals surface area contributed by atoms with E-state index in [0.29, 0.717) is 6.04 Å². The molecule has 0 bridgehead atoms. The molecule has 2 unspecified atom stereocenters. The highest BCUT2D eigenvalue weighted by Gasteiger charge is 2.16. The van der Waals surface area contributed by atoms with Crippen molar-refractivity contribution in [1.82, 2.24) is 4.90 Å². The van der Waals surface area contributed by atoms with E-state index in [0.717, 1.165) is 25.7 Å². The van der Waals surface area contributed by atoms with Crippen LogP contribution >= 0.6 is 0 Å². The molecule has 0 amide bonds. The van der Waals surface area contributed by atoms with Crippen molar-refractivity contribution < 1.29 is 4.79 Å². The Labute approximate surface area is 75.9 Å². The van der Waals surface area contributed by atoms with Crippen LogP contribution in [0.3, 0.4) is 0 Å². The van der Waals surface area contributed by atoms with Crippen molar-refractivity contribution in [2.75, 3.05) is 6.54 Å². The fourth-order valence-corrected chi connectivity index (χ4v) is 1.28. The van der Waals surface area contributed by atoms with Crippen LogP contribution in [0.2, 0.25) is 0 Å². The van der Waals surface area contributed by atoms with Gasteiger partial charge in [0.15, 0.2) is 0 Å². The predicted octanol–water partition coefficient (Wildman–Crippen LogP) is 1.90. The monoisotopic (exact) mass is 170 g/mol. The highest BCUT2D eigenvalue weighted by Crippen LogP contribution is 2.07. The van der Waals surface area contributed by atoms with Crippen molar-refractivity contribution in [3.8, 4) is 0 Å². The topological polar surface area (TPSA) is 20.3 Å². The third-order valence-corrected chi connectivity index (χ3v) is 2.22. The standard InChI is InChI=1S/C10H20NO/c1-5-7-11(9(3)6-2)10(4)8-12/h8-10H,4-7H2,1-3H3. The highest BCUT2D eigenvalue weighted by molar-refractivity contribution is 5.58. The van der Waals surface area contributed by atoms with Crippen LogP contribution in [-0.4, -0.2) is 29.8 Å². The zero-order valence-electron chi connectivity index (χ0n) is 8.42. The molecular weight excluding hydrogens is 150 g/mol. The van der Waals surface area contributed by atoms with Gasteiger partial charge in [-0.3, -0.25) is 4.90 Å². The van der Waals surface area contributed by atoms with E-state index >= 15 is 0 Å². The molecule has 0 rings (SSSR count). The normalized spacial score (nSPS) is 16.1. The lowest BCUT2D eigenvalue weighted by molar-refractivity contribution is -0.111. The van der Waals surface area contributed by atoms with Gasteiger partial charge in [-0.25, -0.2) is 0 Å². The van der Waals surface area contributed by atoms with Crippen LogP contribution in [0.25, 0.3) is 0 Å². The average molecular weight is 170 g/mol. The van der Waals surface area contributed by atoms with Gasteiger partial charge in [-0.2, -0.15) is 0 Å². The minimum absolute atomic E-state index is 0.181. The SMILES string of the molecule is [CH2]C(C=O)N(CCC)C(C)CC. The Bertz CT molecular complexity index is 125. The second kappa shape index (κ2) is 6.18. The molecule has 0 spiro atoms. The maximum Gasteiger partial charge on any atom is 0.137 e. The summed E-state index contributed by atoms with van der Waals surface area (Å²) >= 11 is 0. The number of aldehydes is 1. The van der Waals surface area contributed by atoms with Gasteiger partial charge >= 0.3 is 0 Å². The smallest absolute Gasteiger partial charge is 0.137 e. The summed E-state index contributed by atoms with van der Waals surface area (Å²) in [5, 5.41) is 0. The summed E-state index contributed by atoms with van der Waals surface area (Å²) < 4.78 is 0. The second-order valence-electron chi connectivity index (χ2n) is 3.20. The summed E-state index contributed by atoms with van der Waals surface area (Å²) in [5.41, 5.74) is 0. The molecule has 0 aromatic heterocycles. The summed E-state index contributed by atoms with van der Waals surface area (Å²) in [7, 11) is 0. The van der Waals surface area contributed by atoms with E-state index in [1.807, 2.05) is 0 Å². The minimum atomic E-state index is -0.181. The van der Waals surface area contributed by atoms with E-state index in [-0.39, 0.29) is 6.04 Å². The van der Waals surface area contributed by atoms with Crippen molar-refractivity contribution in [1.29, 1.82) is 0 Å².